The second kappa shape index (κ2) is 5.50. The van der Waals surface area contributed by atoms with E-state index in [1.165, 1.54) is 30.3 Å². The molecule has 2 aromatic carbocycles. The fourth-order valence-electron chi connectivity index (χ4n) is 1.43. The first-order chi connectivity index (χ1) is 8.99. The number of sulfonamides is 1. The van der Waals surface area contributed by atoms with E-state index in [0.29, 0.717) is 5.56 Å². The van der Waals surface area contributed by atoms with Gasteiger partial charge in [-0.3, -0.25) is 0 Å². The average Bonchev–Trinajstić information content (AvgIpc) is 2.37. The van der Waals surface area contributed by atoms with Gasteiger partial charge in [0.05, 0.1) is 5.02 Å². The summed E-state index contributed by atoms with van der Waals surface area (Å²) in [7, 11) is -3.89. The Labute approximate surface area is 115 Å². The summed E-state index contributed by atoms with van der Waals surface area (Å²) in [6, 6.07) is 11.5. The summed E-state index contributed by atoms with van der Waals surface area (Å²) >= 11 is 5.80. The molecule has 0 aromatic heterocycles. The molecule has 0 atom stereocenters. The normalized spacial score (nSPS) is 11.9. The summed E-state index contributed by atoms with van der Waals surface area (Å²) in [5.41, 5.74) is 0.357. The van der Waals surface area contributed by atoms with Gasteiger partial charge in [-0.15, -0.1) is 0 Å². The van der Waals surface area contributed by atoms with Crippen molar-refractivity contribution in [3.8, 4) is 0 Å². The molecule has 2 aromatic rings. The van der Waals surface area contributed by atoms with Crippen LogP contribution in [0.1, 0.15) is 5.56 Å². The van der Waals surface area contributed by atoms with Crippen LogP contribution in [0.3, 0.4) is 0 Å². The van der Waals surface area contributed by atoms with Crippen LogP contribution in [-0.4, -0.2) is 14.6 Å². The predicted molar refractivity (Wildman–Crippen MR) is 72.6 cm³/mol. The Morgan fingerprint density at radius 2 is 1.84 bits per heavy atom. The number of hydrogen-bond donors (Lipinski definition) is 0. The lowest BCUT2D eigenvalue weighted by molar-refractivity contribution is 0.598. The van der Waals surface area contributed by atoms with E-state index in [0.717, 1.165) is 6.21 Å². The molecule has 0 N–H and O–H groups in total. The van der Waals surface area contributed by atoms with Gasteiger partial charge in [-0.05, 0) is 29.8 Å². The van der Waals surface area contributed by atoms with Crippen LogP contribution < -0.4 is 0 Å². The van der Waals surface area contributed by atoms with Gasteiger partial charge in [-0.2, -0.15) is 12.8 Å². The van der Waals surface area contributed by atoms with Crippen LogP contribution in [0.15, 0.2) is 57.8 Å². The predicted octanol–water partition coefficient (Wildman–Crippen LogP) is 3.29. The Morgan fingerprint density at radius 1 is 1.11 bits per heavy atom. The Kier molecular flexibility index (Phi) is 3.97. The molecule has 0 aliphatic heterocycles. The minimum atomic E-state index is -3.89. The van der Waals surface area contributed by atoms with Gasteiger partial charge in [-0.1, -0.05) is 35.9 Å². The van der Waals surface area contributed by atoms with E-state index < -0.39 is 15.8 Å². The molecule has 2 rings (SSSR count). The SMILES string of the molecule is O=S(=O)(/N=C/c1cccc(F)c1)c1ccccc1Cl. The highest BCUT2D eigenvalue weighted by Crippen LogP contribution is 2.22. The van der Waals surface area contributed by atoms with Crippen molar-refractivity contribution >= 4 is 27.8 Å². The van der Waals surface area contributed by atoms with E-state index in [4.69, 9.17) is 11.6 Å². The molecule has 0 aliphatic carbocycles. The number of halogens is 2. The molecule has 0 aliphatic rings. The van der Waals surface area contributed by atoms with Gasteiger partial charge in [0.2, 0.25) is 0 Å². The molecular formula is C13H9ClFNO2S. The van der Waals surface area contributed by atoms with Gasteiger partial charge in [0.15, 0.2) is 0 Å². The van der Waals surface area contributed by atoms with Gasteiger partial charge < -0.3 is 0 Å². The van der Waals surface area contributed by atoms with Crippen molar-refractivity contribution in [2.75, 3.05) is 0 Å². The van der Waals surface area contributed by atoms with Crippen LogP contribution >= 0.6 is 11.6 Å². The van der Waals surface area contributed by atoms with Crippen LogP contribution in [0.25, 0.3) is 0 Å². The highest BCUT2D eigenvalue weighted by molar-refractivity contribution is 7.90. The second-order valence-electron chi connectivity index (χ2n) is 3.70. The Morgan fingerprint density at radius 3 is 2.53 bits per heavy atom. The molecule has 0 radical (unpaired) electrons. The maximum absolute atomic E-state index is 12.9. The molecule has 19 heavy (non-hydrogen) atoms. The van der Waals surface area contributed by atoms with E-state index in [1.54, 1.807) is 18.2 Å². The first kappa shape index (κ1) is 13.7. The molecule has 0 bridgehead atoms. The summed E-state index contributed by atoms with van der Waals surface area (Å²) in [5, 5.41) is 0.0962. The van der Waals surface area contributed by atoms with E-state index in [1.807, 2.05) is 0 Å². The van der Waals surface area contributed by atoms with Gasteiger partial charge in [0, 0.05) is 6.21 Å². The van der Waals surface area contributed by atoms with Crippen molar-refractivity contribution in [1.82, 2.24) is 0 Å². The van der Waals surface area contributed by atoms with Crippen molar-refractivity contribution in [3.63, 3.8) is 0 Å². The van der Waals surface area contributed by atoms with Crippen molar-refractivity contribution in [2.45, 2.75) is 4.90 Å². The van der Waals surface area contributed by atoms with Crippen molar-refractivity contribution in [1.29, 1.82) is 0 Å². The van der Waals surface area contributed by atoms with Gasteiger partial charge in [0.25, 0.3) is 10.0 Å². The zero-order valence-electron chi connectivity index (χ0n) is 9.62. The van der Waals surface area contributed by atoms with E-state index in [-0.39, 0.29) is 9.92 Å². The molecule has 0 heterocycles. The third-order valence-corrected chi connectivity index (χ3v) is 4.04. The minimum absolute atomic E-state index is 0.0793. The number of nitrogens with zero attached hydrogens (tertiary/aromatic N) is 1. The Hall–Kier alpha value is -1.72. The molecule has 0 fully saturated rings. The van der Waals surface area contributed by atoms with Crippen LogP contribution in [0.2, 0.25) is 5.02 Å². The topological polar surface area (TPSA) is 46.5 Å². The summed E-state index contributed by atoms with van der Waals surface area (Å²) in [4.78, 5) is -0.0793. The first-order valence-corrected chi connectivity index (χ1v) is 7.11. The zero-order chi connectivity index (χ0) is 13.9. The Bertz CT molecular complexity index is 729. The lowest BCUT2D eigenvalue weighted by Gasteiger charge is -2.00. The lowest BCUT2D eigenvalue weighted by atomic mass is 10.2. The minimum Gasteiger partial charge on any atom is -0.207 e. The second-order valence-corrected chi connectivity index (χ2v) is 5.70. The summed E-state index contributed by atoms with van der Waals surface area (Å²) < 4.78 is 40.3. The lowest BCUT2D eigenvalue weighted by Crippen LogP contribution is -1.98. The fraction of sp³-hybridized carbons (Fsp3) is 0. The van der Waals surface area contributed by atoms with E-state index in [2.05, 4.69) is 4.40 Å². The van der Waals surface area contributed by atoms with E-state index in [9.17, 15) is 12.8 Å². The largest absolute Gasteiger partial charge is 0.283 e. The molecule has 98 valence electrons. The van der Waals surface area contributed by atoms with Crippen molar-refractivity contribution < 1.29 is 12.8 Å². The number of hydrogen-bond acceptors (Lipinski definition) is 2. The van der Waals surface area contributed by atoms with Gasteiger partial charge in [-0.25, -0.2) is 4.39 Å². The highest BCUT2D eigenvalue weighted by Gasteiger charge is 2.15. The van der Waals surface area contributed by atoms with E-state index >= 15 is 0 Å². The first-order valence-electron chi connectivity index (χ1n) is 5.29. The van der Waals surface area contributed by atoms with Crippen molar-refractivity contribution in [3.05, 3.63) is 64.9 Å². The van der Waals surface area contributed by atoms with Crippen LogP contribution in [0, 0.1) is 5.82 Å². The highest BCUT2D eigenvalue weighted by atomic mass is 35.5. The third-order valence-electron chi connectivity index (χ3n) is 2.30. The maximum Gasteiger partial charge on any atom is 0.283 e. The molecule has 0 amide bonds. The summed E-state index contributed by atoms with van der Waals surface area (Å²) in [5.74, 6) is -0.459. The smallest absolute Gasteiger partial charge is 0.207 e. The Balaban J connectivity index is 2.35. The fourth-order valence-corrected chi connectivity index (χ4v) is 2.80. The third kappa shape index (κ3) is 3.39. The molecule has 3 nitrogen and oxygen atoms in total. The van der Waals surface area contributed by atoms with Crippen molar-refractivity contribution in [2.24, 2.45) is 4.40 Å². The maximum atomic E-state index is 12.9. The summed E-state index contributed by atoms with van der Waals surface area (Å²) in [6.45, 7) is 0. The monoisotopic (exact) mass is 297 g/mol. The number of rotatable bonds is 3. The average molecular weight is 298 g/mol. The molecule has 0 spiro atoms. The van der Waals surface area contributed by atoms with Crippen LogP contribution in [-0.2, 0) is 10.0 Å². The molecule has 0 unspecified atom stereocenters. The standard InChI is InChI=1S/C13H9ClFNO2S/c14-12-6-1-2-7-13(12)19(17,18)16-9-10-4-3-5-11(15)8-10/h1-9H/b16-9+. The number of benzene rings is 2. The van der Waals surface area contributed by atoms with Crippen LogP contribution in [0.5, 0.6) is 0 Å². The molecular weight excluding hydrogens is 289 g/mol. The zero-order valence-corrected chi connectivity index (χ0v) is 11.2. The van der Waals surface area contributed by atoms with Crippen LogP contribution in [0.4, 0.5) is 4.39 Å². The molecule has 6 heteroatoms. The summed E-state index contributed by atoms with van der Waals surface area (Å²) in [6.07, 6.45) is 1.09. The van der Waals surface area contributed by atoms with Gasteiger partial charge in [0.1, 0.15) is 10.7 Å². The molecule has 0 saturated carbocycles. The molecule has 0 saturated heterocycles. The van der Waals surface area contributed by atoms with Gasteiger partial charge >= 0.3 is 0 Å². The quantitative estimate of drug-likeness (QED) is 0.816.